The number of amides is 2. The summed E-state index contributed by atoms with van der Waals surface area (Å²) in [5.74, 6) is -0.967. The molecule has 2 N–H and O–H groups in total. The second-order valence-corrected chi connectivity index (χ2v) is 7.14. The summed E-state index contributed by atoms with van der Waals surface area (Å²) in [6, 6.07) is 14.3. The van der Waals surface area contributed by atoms with Crippen LogP contribution in [-0.4, -0.2) is 30.3 Å². The Hall–Kier alpha value is -3.03. The predicted molar refractivity (Wildman–Crippen MR) is 110 cm³/mol. The number of hydrogen-bond acceptors (Lipinski definition) is 4. The van der Waals surface area contributed by atoms with Gasteiger partial charge in [-0.2, -0.15) is 11.3 Å². The lowest BCUT2D eigenvalue weighted by Crippen LogP contribution is -2.30. The standard InChI is InChI=1S/C21H20FN3O2S/c1-25(12-15-10-11-28-14-15)13-20(26)24-19-5-3-2-4-18(19)21(27)23-17-8-6-16(22)7-9-17/h2-11,14H,12-13H2,1H3,(H,23,27)(H,24,26). The van der Waals surface area contributed by atoms with Crippen LogP contribution in [-0.2, 0) is 11.3 Å². The van der Waals surface area contributed by atoms with Gasteiger partial charge in [0.25, 0.3) is 5.91 Å². The summed E-state index contributed by atoms with van der Waals surface area (Å²) < 4.78 is 13.0. The van der Waals surface area contributed by atoms with E-state index in [-0.39, 0.29) is 24.2 Å². The Morgan fingerprint density at radius 1 is 1.04 bits per heavy atom. The second-order valence-electron chi connectivity index (χ2n) is 6.36. The Labute approximate surface area is 166 Å². The van der Waals surface area contributed by atoms with Crippen molar-refractivity contribution in [1.29, 1.82) is 0 Å². The van der Waals surface area contributed by atoms with Gasteiger partial charge in [-0.15, -0.1) is 0 Å². The minimum Gasteiger partial charge on any atom is -0.324 e. The maximum absolute atomic E-state index is 13.0. The smallest absolute Gasteiger partial charge is 0.257 e. The molecule has 0 aliphatic rings. The van der Waals surface area contributed by atoms with E-state index in [1.807, 2.05) is 28.8 Å². The molecule has 1 heterocycles. The van der Waals surface area contributed by atoms with E-state index in [0.29, 0.717) is 23.5 Å². The molecule has 0 fully saturated rings. The lowest BCUT2D eigenvalue weighted by molar-refractivity contribution is -0.117. The number of carbonyl (C=O) groups excluding carboxylic acids is 2. The van der Waals surface area contributed by atoms with Crippen molar-refractivity contribution in [2.75, 3.05) is 24.2 Å². The van der Waals surface area contributed by atoms with Crippen LogP contribution in [0.3, 0.4) is 0 Å². The Kier molecular flexibility index (Phi) is 6.52. The third kappa shape index (κ3) is 5.48. The number of rotatable bonds is 7. The molecule has 0 saturated heterocycles. The second kappa shape index (κ2) is 9.25. The summed E-state index contributed by atoms with van der Waals surface area (Å²) in [6.07, 6.45) is 0. The number of carbonyl (C=O) groups is 2. The zero-order valence-corrected chi connectivity index (χ0v) is 16.1. The Morgan fingerprint density at radius 2 is 1.79 bits per heavy atom. The molecule has 2 amide bonds. The summed E-state index contributed by atoms with van der Waals surface area (Å²) >= 11 is 1.62. The third-order valence-corrected chi connectivity index (χ3v) is 4.73. The largest absolute Gasteiger partial charge is 0.324 e. The highest BCUT2D eigenvalue weighted by Gasteiger charge is 2.14. The highest BCUT2D eigenvalue weighted by atomic mass is 32.1. The van der Waals surface area contributed by atoms with E-state index in [0.717, 1.165) is 5.56 Å². The van der Waals surface area contributed by atoms with E-state index >= 15 is 0 Å². The number of benzene rings is 2. The molecule has 0 bridgehead atoms. The SMILES string of the molecule is CN(CC(=O)Nc1ccccc1C(=O)Nc1ccc(F)cc1)Cc1ccsc1. The molecule has 0 spiro atoms. The molecule has 0 aliphatic carbocycles. The molecule has 0 unspecified atom stereocenters. The first-order valence-electron chi connectivity index (χ1n) is 8.66. The molecule has 0 saturated carbocycles. The van der Waals surface area contributed by atoms with E-state index in [1.54, 1.807) is 35.6 Å². The van der Waals surface area contributed by atoms with Crippen molar-refractivity contribution in [3.05, 3.63) is 82.3 Å². The van der Waals surface area contributed by atoms with E-state index < -0.39 is 0 Å². The number of nitrogens with zero attached hydrogens (tertiary/aromatic N) is 1. The van der Waals surface area contributed by atoms with Crippen LogP contribution in [0.25, 0.3) is 0 Å². The molecule has 3 rings (SSSR count). The molecule has 3 aromatic rings. The van der Waals surface area contributed by atoms with E-state index in [4.69, 9.17) is 0 Å². The van der Waals surface area contributed by atoms with Crippen molar-refractivity contribution in [3.8, 4) is 0 Å². The molecule has 28 heavy (non-hydrogen) atoms. The van der Waals surface area contributed by atoms with Gasteiger partial charge in [-0.25, -0.2) is 4.39 Å². The van der Waals surface area contributed by atoms with Gasteiger partial charge in [-0.3, -0.25) is 14.5 Å². The van der Waals surface area contributed by atoms with Crippen molar-refractivity contribution >= 4 is 34.5 Å². The monoisotopic (exact) mass is 397 g/mol. The zero-order valence-electron chi connectivity index (χ0n) is 15.3. The van der Waals surface area contributed by atoms with Gasteiger partial charge in [0.05, 0.1) is 17.8 Å². The third-order valence-electron chi connectivity index (χ3n) is 3.99. The first-order chi connectivity index (χ1) is 13.5. The number of halogens is 1. The van der Waals surface area contributed by atoms with Crippen LogP contribution < -0.4 is 10.6 Å². The molecule has 0 aliphatic heterocycles. The molecule has 5 nitrogen and oxygen atoms in total. The fourth-order valence-electron chi connectivity index (χ4n) is 2.71. The lowest BCUT2D eigenvalue weighted by atomic mass is 10.1. The fraction of sp³-hybridized carbons (Fsp3) is 0.143. The van der Waals surface area contributed by atoms with Crippen LogP contribution in [0.5, 0.6) is 0 Å². The van der Waals surface area contributed by atoms with E-state index in [2.05, 4.69) is 10.6 Å². The average Bonchev–Trinajstić information content (AvgIpc) is 3.16. The first kappa shape index (κ1) is 19.7. The van der Waals surface area contributed by atoms with E-state index in [9.17, 15) is 14.0 Å². The van der Waals surface area contributed by atoms with Crippen molar-refractivity contribution < 1.29 is 14.0 Å². The number of likely N-dealkylation sites (N-methyl/N-ethyl adjacent to an activating group) is 1. The quantitative estimate of drug-likeness (QED) is 0.628. The minimum atomic E-state index is -0.380. The zero-order chi connectivity index (χ0) is 19.9. The summed E-state index contributed by atoms with van der Waals surface area (Å²) in [5, 5.41) is 9.55. The normalized spacial score (nSPS) is 10.7. The van der Waals surface area contributed by atoms with Gasteiger partial charge in [0.2, 0.25) is 5.91 Å². The van der Waals surface area contributed by atoms with Crippen molar-refractivity contribution in [2.45, 2.75) is 6.54 Å². The number of hydrogen-bond donors (Lipinski definition) is 2. The number of para-hydroxylation sites is 1. The van der Waals surface area contributed by atoms with Gasteiger partial charge in [0, 0.05) is 12.2 Å². The maximum atomic E-state index is 13.0. The molecule has 0 atom stereocenters. The predicted octanol–water partition coefficient (Wildman–Crippen LogP) is 4.21. The van der Waals surface area contributed by atoms with Crippen LogP contribution in [0.4, 0.5) is 15.8 Å². The number of anilines is 2. The van der Waals surface area contributed by atoms with Crippen LogP contribution in [0.2, 0.25) is 0 Å². The van der Waals surface area contributed by atoms with Crippen LogP contribution in [0.15, 0.2) is 65.4 Å². The molecule has 2 aromatic carbocycles. The first-order valence-corrected chi connectivity index (χ1v) is 9.61. The number of thiophene rings is 1. The van der Waals surface area contributed by atoms with Crippen molar-refractivity contribution in [3.63, 3.8) is 0 Å². The molecule has 7 heteroatoms. The molecular formula is C21H20FN3O2S. The topological polar surface area (TPSA) is 61.4 Å². The Bertz CT molecular complexity index is 943. The van der Waals surface area contributed by atoms with Gasteiger partial charge in [0.1, 0.15) is 5.82 Å². The van der Waals surface area contributed by atoms with Crippen molar-refractivity contribution in [1.82, 2.24) is 4.90 Å². The molecule has 0 radical (unpaired) electrons. The summed E-state index contributed by atoms with van der Waals surface area (Å²) in [4.78, 5) is 26.9. The van der Waals surface area contributed by atoms with Crippen LogP contribution in [0.1, 0.15) is 15.9 Å². The molecular weight excluding hydrogens is 377 g/mol. The Morgan fingerprint density at radius 3 is 2.50 bits per heavy atom. The summed E-state index contributed by atoms with van der Waals surface area (Å²) in [5.41, 5.74) is 2.39. The van der Waals surface area contributed by atoms with Gasteiger partial charge >= 0.3 is 0 Å². The van der Waals surface area contributed by atoms with Crippen LogP contribution in [0, 0.1) is 5.82 Å². The van der Waals surface area contributed by atoms with E-state index in [1.165, 1.54) is 24.3 Å². The molecule has 1 aromatic heterocycles. The fourth-order valence-corrected chi connectivity index (χ4v) is 3.37. The molecule has 144 valence electrons. The highest BCUT2D eigenvalue weighted by Crippen LogP contribution is 2.18. The minimum absolute atomic E-state index is 0.198. The highest BCUT2D eigenvalue weighted by molar-refractivity contribution is 7.07. The lowest BCUT2D eigenvalue weighted by Gasteiger charge is -2.16. The van der Waals surface area contributed by atoms with Gasteiger partial charge in [0.15, 0.2) is 0 Å². The van der Waals surface area contributed by atoms with Crippen LogP contribution >= 0.6 is 11.3 Å². The summed E-state index contributed by atoms with van der Waals surface area (Å²) in [7, 11) is 1.87. The Balaban J connectivity index is 1.63. The maximum Gasteiger partial charge on any atom is 0.257 e. The summed E-state index contributed by atoms with van der Waals surface area (Å²) in [6.45, 7) is 0.868. The van der Waals surface area contributed by atoms with Crippen molar-refractivity contribution in [2.24, 2.45) is 0 Å². The van der Waals surface area contributed by atoms with Gasteiger partial charge in [-0.1, -0.05) is 12.1 Å². The van der Waals surface area contributed by atoms with Gasteiger partial charge < -0.3 is 10.6 Å². The van der Waals surface area contributed by atoms with Gasteiger partial charge in [-0.05, 0) is 65.8 Å². The average molecular weight is 397 g/mol. The number of nitrogens with one attached hydrogen (secondary N) is 2.